The molecule has 5 nitrogen and oxygen atoms in total. The Morgan fingerprint density at radius 3 is 2.83 bits per heavy atom. The van der Waals surface area contributed by atoms with E-state index in [1.54, 1.807) is 0 Å². The third kappa shape index (κ3) is 2.40. The summed E-state index contributed by atoms with van der Waals surface area (Å²) in [5, 5.41) is 15.8. The number of amides is 1. The van der Waals surface area contributed by atoms with Crippen molar-refractivity contribution in [3.05, 3.63) is 5.01 Å². The Hall–Kier alpha value is -1.01. The largest absolute Gasteiger partial charge is 0.316 e. The lowest BCUT2D eigenvalue weighted by Gasteiger charge is -2.30. The van der Waals surface area contributed by atoms with Gasteiger partial charge in [0.05, 0.1) is 5.41 Å². The van der Waals surface area contributed by atoms with Gasteiger partial charge in [-0.2, -0.15) is 0 Å². The quantitative estimate of drug-likeness (QED) is 0.872. The standard InChI is InChI=1S/C12H20N4OS/c1-4-9-15-16-11(18-9)14-10(17)12(8(2)3)5-6-13-7-12/h8,13H,4-7H2,1-3H3,(H,14,16,17). The Bertz CT molecular complexity index is 423. The molecule has 1 aromatic heterocycles. The van der Waals surface area contributed by atoms with Crippen LogP contribution in [0.25, 0.3) is 0 Å². The normalized spacial score (nSPS) is 23.6. The number of hydrogen-bond acceptors (Lipinski definition) is 5. The van der Waals surface area contributed by atoms with Gasteiger partial charge in [0.25, 0.3) is 0 Å². The first-order chi connectivity index (χ1) is 8.58. The lowest BCUT2D eigenvalue weighted by Crippen LogP contribution is -2.42. The number of carbonyl (C=O) groups is 1. The summed E-state index contributed by atoms with van der Waals surface area (Å²) < 4.78 is 0. The number of carbonyl (C=O) groups excluding carboxylic acids is 1. The second kappa shape index (κ2) is 5.32. The Balaban J connectivity index is 2.10. The van der Waals surface area contributed by atoms with Gasteiger partial charge < -0.3 is 5.32 Å². The summed E-state index contributed by atoms with van der Waals surface area (Å²) in [5.74, 6) is 0.382. The van der Waals surface area contributed by atoms with Gasteiger partial charge in [0, 0.05) is 6.54 Å². The van der Waals surface area contributed by atoms with Gasteiger partial charge in [-0.15, -0.1) is 10.2 Å². The molecule has 0 radical (unpaired) electrons. The van der Waals surface area contributed by atoms with Crippen LogP contribution < -0.4 is 10.6 Å². The van der Waals surface area contributed by atoms with Crippen LogP contribution >= 0.6 is 11.3 Å². The van der Waals surface area contributed by atoms with E-state index in [4.69, 9.17) is 0 Å². The second-order valence-electron chi connectivity index (χ2n) is 5.05. The Labute approximate surface area is 111 Å². The smallest absolute Gasteiger partial charge is 0.234 e. The summed E-state index contributed by atoms with van der Waals surface area (Å²) in [6, 6.07) is 0. The molecule has 1 atom stereocenters. The molecule has 1 unspecified atom stereocenters. The highest BCUT2D eigenvalue weighted by molar-refractivity contribution is 7.15. The van der Waals surface area contributed by atoms with Crippen molar-refractivity contribution in [2.24, 2.45) is 11.3 Å². The fraction of sp³-hybridized carbons (Fsp3) is 0.750. The fourth-order valence-electron chi connectivity index (χ4n) is 2.33. The predicted octanol–water partition coefficient (Wildman–Crippen LogP) is 1.67. The zero-order valence-electron chi connectivity index (χ0n) is 11.1. The topological polar surface area (TPSA) is 66.9 Å². The third-order valence-corrected chi connectivity index (χ3v) is 4.72. The minimum atomic E-state index is -0.307. The molecule has 2 heterocycles. The average Bonchev–Trinajstić information content (AvgIpc) is 2.97. The summed E-state index contributed by atoms with van der Waals surface area (Å²) in [6.45, 7) is 7.88. The molecule has 1 fully saturated rings. The molecule has 0 aliphatic carbocycles. The Morgan fingerprint density at radius 2 is 2.33 bits per heavy atom. The van der Waals surface area contributed by atoms with Crippen molar-refractivity contribution in [1.82, 2.24) is 15.5 Å². The maximum Gasteiger partial charge on any atom is 0.234 e. The minimum Gasteiger partial charge on any atom is -0.316 e. The van der Waals surface area contributed by atoms with Crippen molar-refractivity contribution in [1.29, 1.82) is 0 Å². The number of aromatic nitrogens is 2. The van der Waals surface area contributed by atoms with Crippen molar-refractivity contribution in [2.75, 3.05) is 18.4 Å². The zero-order chi connectivity index (χ0) is 13.2. The molecular formula is C12H20N4OS. The maximum atomic E-state index is 12.5. The molecule has 1 aliphatic rings. The van der Waals surface area contributed by atoms with E-state index in [1.165, 1.54) is 11.3 Å². The molecule has 1 saturated heterocycles. The van der Waals surface area contributed by atoms with E-state index in [2.05, 4.69) is 34.7 Å². The van der Waals surface area contributed by atoms with Crippen molar-refractivity contribution in [3.8, 4) is 0 Å². The van der Waals surface area contributed by atoms with E-state index in [0.717, 1.165) is 30.9 Å². The van der Waals surface area contributed by atoms with E-state index in [0.29, 0.717) is 11.0 Å². The van der Waals surface area contributed by atoms with Crippen LogP contribution in [0, 0.1) is 11.3 Å². The van der Waals surface area contributed by atoms with Crippen LogP contribution in [-0.4, -0.2) is 29.2 Å². The van der Waals surface area contributed by atoms with E-state index in [1.807, 2.05) is 6.92 Å². The van der Waals surface area contributed by atoms with E-state index >= 15 is 0 Å². The summed E-state index contributed by atoms with van der Waals surface area (Å²) in [4.78, 5) is 12.5. The Kier molecular flexibility index (Phi) is 3.97. The van der Waals surface area contributed by atoms with Crippen LogP contribution in [0.5, 0.6) is 0 Å². The first-order valence-electron chi connectivity index (χ1n) is 6.43. The molecule has 18 heavy (non-hydrogen) atoms. The number of aryl methyl sites for hydroxylation is 1. The van der Waals surface area contributed by atoms with E-state index in [-0.39, 0.29) is 11.3 Å². The van der Waals surface area contributed by atoms with Crippen LogP contribution in [0.2, 0.25) is 0 Å². The monoisotopic (exact) mass is 268 g/mol. The molecule has 1 aromatic rings. The fourth-order valence-corrected chi connectivity index (χ4v) is 3.00. The van der Waals surface area contributed by atoms with Gasteiger partial charge in [-0.3, -0.25) is 10.1 Å². The molecule has 0 aromatic carbocycles. The molecule has 0 saturated carbocycles. The van der Waals surface area contributed by atoms with Gasteiger partial charge in [0.2, 0.25) is 11.0 Å². The minimum absolute atomic E-state index is 0.0707. The molecule has 1 amide bonds. The first-order valence-corrected chi connectivity index (χ1v) is 7.24. The summed E-state index contributed by atoms with van der Waals surface area (Å²) in [5.41, 5.74) is -0.307. The number of nitrogens with one attached hydrogen (secondary N) is 2. The molecular weight excluding hydrogens is 248 g/mol. The van der Waals surface area contributed by atoms with Crippen molar-refractivity contribution in [2.45, 2.75) is 33.6 Å². The predicted molar refractivity (Wildman–Crippen MR) is 72.7 cm³/mol. The molecule has 0 spiro atoms. The summed E-state index contributed by atoms with van der Waals surface area (Å²) in [6.07, 6.45) is 1.74. The first kappa shape index (κ1) is 13.4. The zero-order valence-corrected chi connectivity index (χ0v) is 11.9. The van der Waals surface area contributed by atoms with Crippen molar-refractivity contribution in [3.63, 3.8) is 0 Å². The number of nitrogens with zero attached hydrogens (tertiary/aromatic N) is 2. The average molecular weight is 268 g/mol. The second-order valence-corrected chi connectivity index (χ2v) is 6.11. The Morgan fingerprint density at radius 1 is 1.56 bits per heavy atom. The molecule has 1 aliphatic heterocycles. The van der Waals surface area contributed by atoms with Gasteiger partial charge in [-0.1, -0.05) is 32.1 Å². The van der Waals surface area contributed by atoms with Crippen molar-refractivity contribution < 1.29 is 4.79 Å². The molecule has 6 heteroatoms. The van der Waals surface area contributed by atoms with Gasteiger partial charge >= 0.3 is 0 Å². The highest BCUT2D eigenvalue weighted by Crippen LogP contribution is 2.35. The third-order valence-electron chi connectivity index (χ3n) is 3.74. The van der Waals surface area contributed by atoms with Crippen LogP contribution in [0.3, 0.4) is 0 Å². The molecule has 100 valence electrons. The summed E-state index contributed by atoms with van der Waals surface area (Å²) >= 11 is 1.46. The van der Waals surface area contributed by atoms with Gasteiger partial charge in [0.1, 0.15) is 5.01 Å². The summed E-state index contributed by atoms with van der Waals surface area (Å²) in [7, 11) is 0. The van der Waals surface area contributed by atoms with Crippen LogP contribution in [-0.2, 0) is 11.2 Å². The SMILES string of the molecule is CCc1nnc(NC(=O)C2(C(C)C)CCNC2)s1. The lowest BCUT2D eigenvalue weighted by atomic mass is 9.75. The number of hydrogen-bond donors (Lipinski definition) is 2. The highest BCUT2D eigenvalue weighted by Gasteiger charge is 2.44. The number of anilines is 1. The van der Waals surface area contributed by atoms with Gasteiger partial charge in [0.15, 0.2) is 0 Å². The lowest BCUT2D eigenvalue weighted by molar-refractivity contribution is -0.126. The molecule has 2 N–H and O–H groups in total. The number of rotatable bonds is 4. The maximum absolute atomic E-state index is 12.5. The van der Waals surface area contributed by atoms with E-state index < -0.39 is 0 Å². The van der Waals surface area contributed by atoms with Gasteiger partial charge in [-0.05, 0) is 25.3 Å². The highest BCUT2D eigenvalue weighted by atomic mass is 32.1. The molecule has 2 rings (SSSR count). The van der Waals surface area contributed by atoms with Crippen LogP contribution in [0.15, 0.2) is 0 Å². The molecule has 0 bridgehead atoms. The van der Waals surface area contributed by atoms with Crippen molar-refractivity contribution >= 4 is 22.4 Å². The van der Waals surface area contributed by atoms with Crippen LogP contribution in [0.1, 0.15) is 32.2 Å². The van der Waals surface area contributed by atoms with Crippen LogP contribution in [0.4, 0.5) is 5.13 Å². The van der Waals surface area contributed by atoms with Gasteiger partial charge in [-0.25, -0.2) is 0 Å². The van der Waals surface area contributed by atoms with E-state index in [9.17, 15) is 4.79 Å².